The molecule has 2 rings (SSSR count). The van der Waals surface area contributed by atoms with Crippen molar-refractivity contribution in [2.24, 2.45) is 16.3 Å². The van der Waals surface area contributed by atoms with E-state index < -0.39 is 9.84 Å². The average molecular weight is 489 g/mol. The molecule has 7 nitrogen and oxygen atoms in total. The molecule has 1 heterocycles. The van der Waals surface area contributed by atoms with Crippen molar-refractivity contribution in [3.8, 4) is 0 Å². The summed E-state index contributed by atoms with van der Waals surface area (Å²) in [6, 6.07) is 0. The van der Waals surface area contributed by atoms with Gasteiger partial charge in [0.05, 0.1) is 19.0 Å². The Morgan fingerprint density at radius 2 is 2.12 bits per heavy atom. The van der Waals surface area contributed by atoms with Crippen molar-refractivity contribution in [2.45, 2.75) is 25.7 Å². The Kier molecular flexibility index (Phi) is 9.97. The van der Waals surface area contributed by atoms with E-state index in [4.69, 9.17) is 9.47 Å². The van der Waals surface area contributed by atoms with Crippen LogP contribution >= 0.6 is 24.0 Å². The zero-order valence-electron chi connectivity index (χ0n) is 15.3. The third-order valence-electron chi connectivity index (χ3n) is 4.52. The number of hydrogen-bond donors (Lipinski definition) is 2. The summed E-state index contributed by atoms with van der Waals surface area (Å²) >= 11 is 0. The molecule has 1 aliphatic carbocycles. The van der Waals surface area contributed by atoms with Crippen LogP contribution in [0.4, 0.5) is 0 Å². The highest BCUT2D eigenvalue weighted by Crippen LogP contribution is 2.45. The monoisotopic (exact) mass is 489 g/mol. The number of rotatable bonds is 10. The molecule has 9 heteroatoms. The molecule has 25 heavy (non-hydrogen) atoms. The van der Waals surface area contributed by atoms with Crippen LogP contribution in [0.3, 0.4) is 0 Å². The molecule has 0 aromatic heterocycles. The first-order chi connectivity index (χ1) is 11.4. The molecule has 1 aliphatic heterocycles. The second-order valence-corrected chi connectivity index (χ2v) is 9.22. The lowest BCUT2D eigenvalue weighted by atomic mass is 10.1. The minimum absolute atomic E-state index is 0. The van der Waals surface area contributed by atoms with Gasteiger partial charge in [-0.15, -0.1) is 24.0 Å². The molecular weight excluding hydrogens is 457 g/mol. The highest BCUT2D eigenvalue weighted by molar-refractivity contribution is 14.0. The van der Waals surface area contributed by atoms with Crippen molar-refractivity contribution in [1.29, 1.82) is 0 Å². The maximum absolute atomic E-state index is 11.5. The lowest BCUT2D eigenvalue weighted by Gasteiger charge is -2.18. The smallest absolute Gasteiger partial charge is 0.190 e. The molecule has 0 amide bonds. The Bertz CT molecular complexity index is 517. The molecule has 0 aromatic rings. The zero-order chi connectivity index (χ0) is 17.5. The predicted octanol–water partition coefficient (Wildman–Crippen LogP) is 1.04. The van der Waals surface area contributed by atoms with Gasteiger partial charge >= 0.3 is 0 Å². The number of aliphatic imine (C=N–C) groups is 1. The second kappa shape index (κ2) is 10.9. The van der Waals surface area contributed by atoms with Crippen molar-refractivity contribution < 1.29 is 17.9 Å². The summed E-state index contributed by atoms with van der Waals surface area (Å²) in [6.07, 6.45) is 5.23. The van der Waals surface area contributed by atoms with Gasteiger partial charge in [0, 0.05) is 50.9 Å². The first kappa shape index (κ1) is 22.9. The molecule has 1 saturated heterocycles. The van der Waals surface area contributed by atoms with E-state index in [0.29, 0.717) is 12.5 Å². The van der Waals surface area contributed by atoms with Crippen LogP contribution in [0.25, 0.3) is 0 Å². The van der Waals surface area contributed by atoms with Gasteiger partial charge in [0.2, 0.25) is 0 Å². The first-order valence-electron chi connectivity index (χ1n) is 8.70. The largest absolute Gasteiger partial charge is 0.381 e. The summed E-state index contributed by atoms with van der Waals surface area (Å²) < 4.78 is 33.9. The van der Waals surface area contributed by atoms with Gasteiger partial charge in [-0.25, -0.2) is 8.42 Å². The van der Waals surface area contributed by atoms with E-state index in [-0.39, 0.29) is 35.1 Å². The maximum Gasteiger partial charge on any atom is 0.190 e. The summed E-state index contributed by atoms with van der Waals surface area (Å²) in [5.41, 5.74) is -0.0995. The highest BCUT2D eigenvalue weighted by atomic mass is 127. The number of nitrogens with zero attached hydrogens (tertiary/aromatic N) is 1. The number of nitrogens with one attached hydrogen (secondary N) is 2. The Labute approximate surface area is 168 Å². The van der Waals surface area contributed by atoms with E-state index >= 15 is 0 Å². The number of halogens is 1. The minimum atomic E-state index is -2.93. The van der Waals surface area contributed by atoms with Crippen molar-refractivity contribution in [2.75, 3.05) is 58.6 Å². The van der Waals surface area contributed by atoms with Crippen LogP contribution in [-0.2, 0) is 19.3 Å². The first-order valence-corrected chi connectivity index (χ1v) is 10.8. The van der Waals surface area contributed by atoms with Crippen LogP contribution in [0.15, 0.2) is 4.99 Å². The van der Waals surface area contributed by atoms with Crippen molar-refractivity contribution in [3.63, 3.8) is 0 Å². The summed E-state index contributed by atoms with van der Waals surface area (Å²) in [5.74, 6) is 1.53. The molecule has 0 bridgehead atoms. The van der Waals surface area contributed by atoms with Gasteiger partial charge < -0.3 is 20.1 Å². The summed E-state index contributed by atoms with van der Waals surface area (Å²) in [4.78, 5) is 4.18. The Morgan fingerprint density at radius 3 is 2.68 bits per heavy atom. The van der Waals surface area contributed by atoms with E-state index in [0.717, 1.165) is 64.6 Å². The SMILES string of the molecule is CN=C(NCCCOCC1CCOC1)NCC1(CS(C)(=O)=O)CC1.I. The fourth-order valence-electron chi connectivity index (χ4n) is 2.94. The third kappa shape index (κ3) is 9.39. The van der Waals surface area contributed by atoms with Crippen molar-refractivity contribution in [3.05, 3.63) is 0 Å². The van der Waals surface area contributed by atoms with Gasteiger partial charge in [-0.1, -0.05) is 0 Å². The molecule has 0 spiro atoms. The van der Waals surface area contributed by atoms with Gasteiger partial charge in [0.25, 0.3) is 0 Å². The van der Waals surface area contributed by atoms with Crippen LogP contribution < -0.4 is 10.6 Å². The molecule has 0 radical (unpaired) electrons. The molecule has 1 saturated carbocycles. The number of ether oxygens (including phenoxy) is 2. The van der Waals surface area contributed by atoms with Gasteiger partial charge in [0.15, 0.2) is 5.96 Å². The topological polar surface area (TPSA) is 89.0 Å². The highest BCUT2D eigenvalue weighted by Gasteiger charge is 2.45. The normalized spacial score (nSPS) is 22.3. The van der Waals surface area contributed by atoms with Gasteiger partial charge in [-0.05, 0) is 25.7 Å². The molecule has 2 N–H and O–H groups in total. The van der Waals surface area contributed by atoms with Crippen LogP contribution in [0.5, 0.6) is 0 Å². The van der Waals surface area contributed by atoms with E-state index in [9.17, 15) is 8.42 Å². The number of guanidine groups is 1. The van der Waals surface area contributed by atoms with E-state index in [1.807, 2.05) is 0 Å². The van der Waals surface area contributed by atoms with Crippen LogP contribution in [0.2, 0.25) is 0 Å². The van der Waals surface area contributed by atoms with Crippen molar-refractivity contribution in [1.82, 2.24) is 10.6 Å². The Hall–Kier alpha value is -0.130. The summed E-state index contributed by atoms with van der Waals surface area (Å²) in [6.45, 7) is 4.61. The van der Waals surface area contributed by atoms with Gasteiger partial charge in [0.1, 0.15) is 9.84 Å². The lowest BCUT2D eigenvalue weighted by Crippen LogP contribution is -2.42. The standard InChI is InChI=1S/C16H31N3O4S.HI/c1-17-15(19-12-16(5-6-16)13-24(2,20)21)18-7-3-8-22-10-14-4-9-23-11-14;/h14H,3-13H2,1-2H3,(H2,17,18,19);1H. The van der Waals surface area contributed by atoms with Crippen LogP contribution in [0.1, 0.15) is 25.7 Å². The van der Waals surface area contributed by atoms with Crippen LogP contribution in [-0.4, -0.2) is 73.0 Å². The Morgan fingerprint density at radius 1 is 1.36 bits per heavy atom. The average Bonchev–Trinajstić information content (AvgIpc) is 3.06. The lowest BCUT2D eigenvalue weighted by molar-refractivity contribution is 0.0888. The number of sulfone groups is 1. The minimum Gasteiger partial charge on any atom is -0.381 e. The molecule has 0 aromatic carbocycles. The third-order valence-corrected chi connectivity index (χ3v) is 5.65. The van der Waals surface area contributed by atoms with Gasteiger partial charge in [-0.2, -0.15) is 0 Å². The number of hydrogen-bond acceptors (Lipinski definition) is 5. The molecule has 148 valence electrons. The Balaban J connectivity index is 0.00000312. The maximum atomic E-state index is 11.5. The fourth-order valence-corrected chi connectivity index (χ4v) is 4.45. The zero-order valence-corrected chi connectivity index (χ0v) is 18.4. The summed E-state index contributed by atoms with van der Waals surface area (Å²) in [5, 5.41) is 6.49. The predicted molar refractivity (Wildman–Crippen MR) is 111 cm³/mol. The fraction of sp³-hybridized carbons (Fsp3) is 0.938. The van der Waals surface area contributed by atoms with E-state index in [1.165, 1.54) is 6.26 Å². The van der Waals surface area contributed by atoms with Gasteiger partial charge in [-0.3, -0.25) is 4.99 Å². The molecular formula is C16H32IN3O4S. The molecule has 2 aliphatic rings. The van der Waals surface area contributed by atoms with E-state index in [2.05, 4.69) is 15.6 Å². The quantitative estimate of drug-likeness (QED) is 0.206. The summed E-state index contributed by atoms with van der Waals surface area (Å²) in [7, 11) is -1.21. The van der Waals surface area contributed by atoms with E-state index in [1.54, 1.807) is 7.05 Å². The molecule has 2 fully saturated rings. The van der Waals surface area contributed by atoms with Crippen LogP contribution in [0, 0.1) is 11.3 Å². The van der Waals surface area contributed by atoms with Crippen molar-refractivity contribution >= 4 is 39.8 Å². The molecule has 1 atom stereocenters. The second-order valence-electron chi connectivity index (χ2n) is 7.08. The molecule has 1 unspecified atom stereocenters.